The largest absolute Gasteiger partial charge is 0.496 e. The minimum Gasteiger partial charge on any atom is -0.496 e. The highest BCUT2D eigenvalue weighted by Gasteiger charge is 2.31. The van der Waals surface area contributed by atoms with Crippen molar-refractivity contribution < 1.29 is 14.2 Å². The van der Waals surface area contributed by atoms with E-state index in [1.54, 1.807) is 19.8 Å². The first-order valence-corrected chi connectivity index (χ1v) is 17.6. The van der Waals surface area contributed by atoms with Gasteiger partial charge >= 0.3 is 0 Å². The number of ether oxygens (including phenoxy) is 3. The first kappa shape index (κ1) is 32.7. The average molecular weight is 675 g/mol. The molecule has 2 unspecified atom stereocenters. The molecule has 0 radical (unpaired) electrons. The van der Waals surface area contributed by atoms with Crippen LogP contribution in [-0.2, 0) is 9.47 Å². The van der Waals surface area contributed by atoms with E-state index in [1.807, 2.05) is 23.8 Å². The third-order valence-electron chi connectivity index (χ3n) is 9.57. The molecule has 3 fully saturated rings. The van der Waals surface area contributed by atoms with Crippen LogP contribution in [-0.4, -0.2) is 66.6 Å². The van der Waals surface area contributed by atoms with Gasteiger partial charge in [-0.3, -0.25) is 9.25 Å². The number of anilines is 1. The van der Waals surface area contributed by atoms with Crippen LogP contribution in [0.4, 0.5) is 5.82 Å². The van der Waals surface area contributed by atoms with Crippen molar-refractivity contribution in [2.24, 2.45) is 0 Å². The maximum Gasteiger partial charge on any atom is 0.188 e. The lowest BCUT2D eigenvalue weighted by Crippen LogP contribution is -2.37. The van der Waals surface area contributed by atoms with Gasteiger partial charge in [0.25, 0.3) is 0 Å². The number of imidazole rings is 1. The number of benzene rings is 1. The number of fused-ring (bicyclic) bond motifs is 1. The van der Waals surface area contributed by atoms with Gasteiger partial charge in [-0.25, -0.2) is 15.0 Å². The fourth-order valence-electron chi connectivity index (χ4n) is 6.95. The maximum atomic E-state index is 6.92. The van der Waals surface area contributed by atoms with E-state index in [0.717, 1.165) is 104 Å². The van der Waals surface area contributed by atoms with Crippen molar-refractivity contribution in [3.05, 3.63) is 58.7 Å². The van der Waals surface area contributed by atoms with Gasteiger partial charge in [0.15, 0.2) is 22.9 Å². The molecule has 2 atom stereocenters. The number of piperidine rings is 1. The summed E-state index contributed by atoms with van der Waals surface area (Å²) in [5.74, 6) is 2.51. The monoisotopic (exact) mass is 674 g/mol. The van der Waals surface area contributed by atoms with Gasteiger partial charge in [-0.05, 0) is 96.8 Å². The molecule has 12 heteroatoms. The van der Waals surface area contributed by atoms with Crippen LogP contribution < -0.4 is 10.1 Å². The van der Waals surface area contributed by atoms with Gasteiger partial charge in [0.2, 0.25) is 0 Å². The van der Waals surface area contributed by atoms with Crippen LogP contribution in [0.15, 0.2) is 42.6 Å². The second-order valence-electron chi connectivity index (χ2n) is 14.3. The highest BCUT2D eigenvalue weighted by molar-refractivity contribution is 6.32. The molecule has 4 aromatic rings. The molecule has 3 aromatic heterocycles. The summed E-state index contributed by atoms with van der Waals surface area (Å²) >= 11 is 6.92. The van der Waals surface area contributed by atoms with E-state index in [9.17, 15) is 0 Å². The Labute approximate surface area is 287 Å². The molecule has 5 heterocycles. The standard InChI is InChI=1S/C36H47ClN8O3/c1-22-28(37)17-27(23(2)42-33-31-34(39-20-38-33)44(21-40-31)29-9-7-8-16-47-29)32(46-6)30(22)25-18-41-45(19-25)26-12-14-43(15-13-26)35(24-10-11-24)48-36(3,4)5/h17-21,23,26,29H,7-16H2,1-6H3,(H,38,39,42). The molecule has 1 aromatic carbocycles. The number of methoxy groups -OCH3 is 1. The number of aromatic nitrogens is 6. The summed E-state index contributed by atoms with van der Waals surface area (Å²) < 4.78 is 22.7. The fraction of sp³-hybridized carbons (Fsp3) is 0.556. The van der Waals surface area contributed by atoms with Crippen molar-refractivity contribution in [2.45, 2.75) is 103 Å². The normalized spacial score (nSPS) is 19.4. The van der Waals surface area contributed by atoms with Gasteiger partial charge in [-0.2, -0.15) is 5.10 Å². The SMILES string of the molecule is COc1c(C(C)Nc2ncnc3c2ncn3C2CCCCO2)cc(Cl)c(C)c1-c1cnn(C2CCN(C(OC(C)(C)C)=C3CC3)CC2)c1. The van der Waals surface area contributed by atoms with Crippen LogP contribution in [0.25, 0.3) is 22.3 Å². The number of allylic oxidation sites excluding steroid dienone is 1. The maximum absolute atomic E-state index is 6.92. The average Bonchev–Trinajstić information content (AvgIpc) is 3.64. The molecule has 7 rings (SSSR count). The molecule has 3 aliphatic rings. The summed E-state index contributed by atoms with van der Waals surface area (Å²) in [6.07, 6.45) is 14.8. The molecule has 48 heavy (non-hydrogen) atoms. The zero-order valence-corrected chi connectivity index (χ0v) is 29.7. The lowest BCUT2D eigenvalue weighted by molar-refractivity contribution is -0.0298. The molecule has 1 saturated carbocycles. The molecule has 0 bridgehead atoms. The molecule has 11 nitrogen and oxygen atoms in total. The number of hydrogen-bond acceptors (Lipinski definition) is 9. The van der Waals surface area contributed by atoms with Crippen LogP contribution in [0.2, 0.25) is 5.02 Å². The molecule has 1 N–H and O–H groups in total. The Hall–Kier alpha value is -3.83. The Kier molecular flexibility index (Phi) is 9.02. The summed E-state index contributed by atoms with van der Waals surface area (Å²) in [5, 5.41) is 9.10. The number of likely N-dealkylation sites (tertiary alicyclic amines) is 1. The quantitative estimate of drug-likeness (QED) is 0.177. The zero-order chi connectivity index (χ0) is 33.6. The Balaban J connectivity index is 1.11. The van der Waals surface area contributed by atoms with Crippen molar-refractivity contribution in [1.82, 2.24) is 34.2 Å². The first-order valence-electron chi connectivity index (χ1n) is 17.2. The zero-order valence-electron chi connectivity index (χ0n) is 28.9. The van der Waals surface area contributed by atoms with Gasteiger partial charge in [0, 0.05) is 47.6 Å². The summed E-state index contributed by atoms with van der Waals surface area (Å²) in [6.45, 7) is 13.1. The molecule has 1 aliphatic carbocycles. The van der Waals surface area contributed by atoms with E-state index in [-0.39, 0.29) is 17.9 Å². The van der Waals surface area contributed by atoms with Crippen molar-refractivity contribution >= 4 is 28.6 Å². The van der Waals surface area contributed by atoms with Crippen LogP contribution in [0.5, 0.6) is 5.75 Å². The summed E-state index contributed by atoms with van der Waals surface area (Å²) in [6, 6.07) is 2.09. The minimum absolute atomic E-state index is 0.0593. The number of nitrogens with zero attached hydrogens (tertiary/aromatic N) is 7. The second kappa shape index (κ2) is 13.2. The van der Waals surface area contributed by atoms with Crippen molar-refractivity contribution in [3.63, 3.8) is 0 Å². The fourth-order valence-corrected chi connectivity index (χ4v) is 7.17. The third kappa shape index (κ3) is 6.59. The van der Waals surface area contributed by atoms with Gasteiger partial charge in [-0.1, -0.05) is 11.6 Å². The number of hydrogen-bond donors (Lipinski definition) is 1. The number of nitrogens with one attached hydrogen (secondary N) is 1. The third-order valence-corrected chi connectivity index (χ3v) is 9.97. The van der Waals surface area contributed by atoms with Crippen LogP contribution >= 0.6 is 11.6 Å². The summed E-state index contributed by atoms with van der Waals surface area (Å²) in [4.78, 5) is 16.2. The molecule has 0 spiro atoms. The minimum atomic E-state index is -0.202. The van der Waals surface area contributed by atoms with E-state index in [2.05, 4.69) is 63.7 Å². The van der Waals surface area contributed by atoms with E-state index < -0.39 is 0 Å². The van der Waals surface area contributed by atoms with Crippen molar-refractivity contribution in [2.75, 3.05) is 32.1 Å². The van der Waals surface area contributed by atoms with E-state index in [4.69, 9.17) is 30.9 Å². The van der Waals surface area contributed by atoms with Gasteiger partial charge < -0.3 is 24.4 Å². The van der Waals surface area contributed by atoms with Crippen molar-refractivity contribution in [3.8, 4) is 16.9 Å². The number of rotatable bonds is 9. The van der Waals surface area contributed by atoms with Crippen LogP contribution in [0.3, 0.4) is 0 Å². The van der Waals surface area contributed by atoms with E-state index in [0.29, 0.717) is 22.4 Å². The molecular weight excluding hydrogens is 628 g/mol. The van der Waals surface area contributed by atoms with Crippen molar-refractivity contribution in [1.29, 1.82) is 0 Å². The topological polar surface area (TPSA) is 104 Å². The highest BCUT2D eigenvalue weighted by Crippen LogP contribution is 2.44. The second-order valence-corrected chi connectivity index (χ2v) is 14.7. The Morgan fingerprint density at radius 3 is 2.58 bits per heavy atom. The van der Waals surface area contributed by atoms with Gasteiger partial charge in [0.1, 0.15) is 23.9 Å². The smallest absolute Gasteiger partial charge is 0.188 e. The Bertz CT molecular complexity index is 1810. The molecule has 2 aliphatic heterocycles. The van der Waals surface area contributed by atoms with E-state index in [1.165, 1.54) is 5.57 Å². The van der Waals surface area contributed by atoms with E-state index >= 15 is 0 Å². The molecule has 2 saturated heterocycles. The number of halogens is 1. The lowest BCUT2D eigenvalue weighted by atomic mass is 9.95. The lowest BCUT2D eigenvalue weighted by Gasteiger charge is -2.37. The predicted molar refractivity (Wildman–Crippen MR) is 187 cm³/mol. The Morgan fingerprint density at radius 2 is 1.90 bits per heavy atom. The molecule has 256 valence electrons. The Morgan fingerprint density at radius 1 is 1.10 bits per heavy atom. The molecule has 0 amide bonds. The van der Waals surface area contributed by atoms with Crippen LogP contribution in [0.1, 0.15) is 102 Å². The van der Waals surface area contributed by atoms with Crippen LogP contribution in [0, 0.1) is 6.92 Å². The predicted octanol–water partition coefficient (Wildman–Crippen LogP) is 7.99. The summed E-state index contributed by atoms with van der Waals surface area (Å²) in [5.41, 5.74) is 6.50. The van der Waals surface area contributed by atoms with Gasteiger partial charge in [0.05, 0.1) is 31.7 Å². The molecular formula is C36H47ClN8O3. The summed E-state index contributed by atoms with van der Waals surface area (Å²) in [7, 11) is 1.71. The highest BCUT2D eigenvalue weighted by atomic mass is 35.5. The van der Waals surface area contributed by atoms with Gasteiger partial charge in [-0.15, -0.1) is 0 Å². The first-order chi connectivity index (χ1) is 23.1.